The number of likely N-dealkylation sites (N-methyl/N-ethyl adjacent to an activating group) is 1. The van der Waals surface area contributed by atoms with E-state index in [1.54, 1.807) is 0 Å². The summed E-state index contributed by atoms with van der Waals surface area (Å²) in [4.78, 5) is 2.57. The average Bonchev–Trinajstić information content (AvgIpc) is 2.35. The first-order chi connectivity index (χ1) is 8.02. The van der Waals surface area contributed by atoms with Gasteiger partial charge in [0.25, 0.3) is 0 Å². The molecule has 2 atom stereocenters. The minimum atomic E-state index is 0.201. The third-order valence-electron chi connectivity index (χ3n) is 4.66. The van der Waals surface area contributed by atoms with Crippen molar-refractivity contribution in [3.63, 3.8) is 0 Å². The second-order valence-electron chi connectivity index (χ2n) is 5.34. The fraction of sp³-hybridized carbons (Fsp3) is 1.00. The second-order valence-corrected chi connectivity index (χ2v) is 5.34. The van der Waals surface area contributed by atoms with Crippen molar-refractivity contribution in [1.82, 2.24) is 4.90 Å². The van der Waals surface area contributed by atoms with Crippen molar-refractivity contribution in [2.24, 2.45) is 11.7 Å². The molecule has 0 saturated carbocycles. The predicted molar refractivity (Wildman–Crippen MR) is 78.3 cm³/mol. The molecule has 2 nitrogen and oxygen atoms in total. The van der Waals surface area contributed by atoms with Gasteiger partial charge in [0.05, 0.1) is 0 Å². The first-order valence-electron chi connectivity index (χ1n) is 7.52. The number of hydrogen-bond acceptors (Lipinski definition) is 2. The summed E-state index contributed by atoms with van der Waals surface area (Å²) in [5.41, 5.74) is 6.76. The smallest absolute Gasteiger partial charge is 0.0355 e. The number of nitrogens with zero attached hydrogens (tertiary/aromatic N) is 1. The predicted octanol–water partition coefficient (Wildman–Crippen LogP) is 3.65. The lowest BCUT2D eigenvalue weighted by atomic mass is 9.78. The minimum Gasteiger partial charge on any atom is -0.326 e. The molecule has 0 aromatic carbocycles. The van der Waals surface area contributed by atoms with Crippen LogP contribution in [0.3, 0.4) is 0 Å². The van der Waals surface area contributed by atoms with Crippen molar-refractivity contribution in [3.05, 3.63) is 0 Å². The van der Waals surface area contributed by atoms with Crippen LogP contribution >= 0.6 is 0 Å². The van der Waals surface area contributed by atoms with E-state index in [-0.39, 0.29) is 5.54 Å². The summed E-state index contributed by atoms with van der Waals surface area (Å²) >= 11 is 0. The number of hydrogen-bond donors (Lipinski definition) is 1. The molecule has 0 aromatic heterocycles. The molecule has 0 fully saturated rings. The number of rotatable bonds is 9. The third-order valence-corrected chi connectivity index (χ3v) is 4.66. The molecule has 0 saturated heterocycles. The molecule has 0 rings (SSSR count). The molecular formula is C15H34N2. The van der Waals surface area contributed by atoms with Gasteiger partial charge in [-0.1, -0.05) is 48.0 Å². The zero-order chi connectivity index (χ0) is 13.5. The second kappa shape index (κ2) is 8.10. The Kier molecular flexibility index (Phi) is 8.06. The van der Waals surface area contributed by atoms with Gasteiger partial charge >= 0.3 is 0 Å². The van der Waals surface area contributed by atoms with E-state index in [0.717, 1.165) is 38.3 Å². The van der Waals surface area contributed by atoms with Crippen LogP contribution in [-0.2, 0) is 0 Å². The highest BCUT2D eigenvalue weighted by Gasteiger charge is 2.37. The van der Waals surface area contributed by atoms with Crippen LogP contribution in [0.4, 0.5) is 0 Å². The Labute approximate surface area is 109 Å². The van der Waals surface area contributed by atoms with E-state index >= 15 is 0 Å². The molecule has 0 aliphatic heterocycles. The molecule has 0 aliphatic carbocycles. The fourth-order valence-electron chi connectivity index (χ4n) is 3.13. The van der Waals surface area contributed by atoms with E-state index in [4.69, 9.17) is 5.73 Å². The Morgan fingerprint density at radius 2 is 1.47 bits per heavy atom. The van der Waals surface area contributed by atoms with Crippen LogP contribution in [0.25, 0.3) is 0 Å². The van der Waals surface area contributed by atoms with E-state index in [0.29, 0.717) is 6.04 Å². The maximum Gasteiger partial charge on any atom is 0.0355 e. The van der Waals surface area contributed by atoms with Gasteiger partial charge in [0.1, 0.15) is 0 Å². The normalized spacial score (nSPS) is 16.2. The fourth-order valence-corrected chi connectivity index (χ4v) is 3.13. The van der Waals surface area contributed by atoms with Gasteiger partial charge in [-0.15, -0.1) is 0 Å². The summed E-state index contributed by atoms with van der Waals surface area (Å²) in [6, 6.07) is 0.298. The van der Waals surface area contributed by atoms with Crippen LogP contribution in [0.1, 0.15) is 67.2 Å². The van der Waals surface area contributed by atoms with Gasteiger partial charge in [0, 0.05) is 11.6 Å². The standard InChI is InChI=1S/C15H34N2/c1-7-13(6)12-14(16)15(8-2,9-3)17(10-4)11-5/h13-14H,7-12,16H2,1-6H3. The first kappa shape index (κ1) is 16.9. The quantitative estimate of drug-likeness (QED) is 0.669. The van der Waals surface area contributed by atoms with E-state index in [1.165, 1.54) is 6.42 Å². The summed E-state index contributed by atoms with van der Waals surface area (Å²) in [7, 11) is 0. The molecule has 0 spiro atoms. The van der Waals surface area contributed by atoms with Crippen LogP contribution in [0, 0.1) is 5.92 Å². The molecule has 0 aliphatic rings. The Bertz CT molecular complexity index is 183. The lowest BCUT2D eigenvalue weighted by Gasteiger charge is -2.47. The van der Waals surface area contributed by atoms with Gasteiger partial charge in [0.2, 0.25) is 0 Å². The zero-order valence-corrected chi connectivity index (χ0v) is 12.9. The minimum absolute atomic E-state index is 0.201. The summed E-state index contributed by atoms with van der Waals surface area (Å²) in [5.74, 6) is 0.734. The van der Waals surface area contributed by atoms with Crippen LogP contribution in [0.2, 0.25) is 0 Å². The molecule has 2 heteroatoms. The molecule has 104 valence electrons. The van der Waals surface area contributed by atoms with Crippen LogP contribution < -0.4 is 5.73 Å². The van der Waals surface area contributed by atoms with Crippen LogP contribution in [0.15, 0.2) is 0 Å². The largest absolute Gasteiger partial charge is 0.326 e. The Morgan fingerprint density at radius 1 is 1.00 bits per heavy atom. The molecule has 0 amide bonds. The van der Waals surface area contributed by atoms with Crippen molar-refractivity contribution >= 4 is 0 Å². The SMILES string of the molecule is CCC(C)CC(N)C(CC)(CC)N(CC)CC. The maximum absolute atomic E-state index is 6.56. The van der Waals surface area contributed by atoms with Crippen molar-refractivity contribution in [2.45, 2.75) is 78.8 Å². The van der Waals surface area contributed by atoms with Gasteiger partial charge in [-0.25, -0.2) is 0 Å². The van der Waals surface area contributed by atoms with Crippen molar-refractivity contribution in [1.29, 1.82) is 0 Å². The van der Waals surface area contributed by atoms with Crippen LogP contribution in [0.5, 0.6) is 0 Å². The zero-order valence-electron chi connectivity index (χ0n) is 12.9. The Hall–Kier alpha value is -0.0800. The summed E-state index contributed by atoms with van der Waals surface area (Å²) in [6.07, 6.45) is 4.69. The van der Waals surface area contributed by atoms with Gasteiger partial charge in [-0.05, 0) is 38.3 Å². The van der Waals surface area contributed by atoms with Gasteiger partial charge in [0.15, 0.2) is 0 Å². The molecule has 0 bridgehead atoms. The first-order valence-corrected chi connectivity index (χ1v) is 7.52. The van der Waals surface area contributed by atoms with Crippen LogP contribution in [-0.4, -0.2) is 29.6 Å². The molecule has 0 heterocycles. The molecule has 17 heavy (non-hydrogen) atoms. The van der Waals surface area contributed by atoms with Crippen molar-refractivity contribution in [2.75, 3.05) is 13.1 Å². The van der Waals surface area contributed by atoms with E-state index < -0.39 is 0 Å². The van der Waals surface area contributed by atoms with Gasteiger partial charge in [-0.3, -0.25) is 4.90 Å². The highest BCUT2D eigenvalue weighted by molar-refractivity contribution is 4.97. The summed E-state index contributed by atoms with van der Waals surface area (Å²) < 4.78 is 0. The number of nitrogens with two attached hydrogens (primary N) is 1. The molecule has 2 N–H and O–H groups in total. The van der Waals surface area contributed by atoms with Crippen molar-refractivity contribution in [3.8, 4) is 0 Å². The molecule has 0 aromatic rings. The average molecular weight is 242 g/mol. The highest BCUT2D eigenvalue weighted by Crippen LogP contribution is 2.30. The lowest BCUT2D eigenvalue weighted by Crippen LogP contribution is -2.59. The van der Waals surface area contributed by atoms with Gasteiger partial charge in [-0.2, -0.15) is 0 Å². The van der Waals surface area contributed by atoms with Crippen molar-refractivity contribution < 1.29 is 0 Å². The Balaban J connectivity index is 4.90. The molecule has 2 unspecified atom stereocenters. The molecular weight excluding hydrogens is 208 g/mol. The lowest BCUT2D eigenvalue weighted by molar-refractivity contribution is 0.0548. The summed E-state index contributed by atoms with van der Waals surface area (Å²) in [6.45, 7) is 15.9. The Morgan fingerprint density at radius 3 is 1.76 bits per heavy atom. The third kappa shape index (κ3) is 3.96. The topological polar surface area (TPSA) is 29.3 Å². The van der Waals surface area contributed by atoms with Gasteiger partial charge < -0.3 is 5.73 Å². The van der Waals surface area contributed by atoms with E-state index in [1.807, 2.05) is 0 Å². The maximum atomic E-state index is 6.56. The molecule has 0 radical (unpaired) electrons. The summed E-state index contributed by atoms with van der Waals surface area (Å²) in [5, 5.41) is 0. The van der Waals surface area contributed by atoms with E-state index in [9.17, 15) is 0 Å². The monoisotopic (exact) mass is 242 g/mol. The highest BCUT2D eigenvalue weighted by atomic mass is 15.2. The van der Waals surface area contributed by atoms with E-state index in [2.05, 4.69) is 46.4 Å².